The summed E-state index contributed by atoms with van der Waals surface area (Å²) in [6.07, 6.45) is 1.83. The van der Waals surface area contributed by atoms with E-state index in [2.05, 4.69) is 30.8 Å². The van der Waals surface area contributed by atoms with E-state index in [1.54, 1.807) is 31.6 Å². The summed E-state index contributed by atoms with van der Waals surface area (Å²) < 4.78 is 15.8. The Kier molecular flexibility index (Phi) is 6.90. The van der Waals surface area contributed by atoms with E-state index >= 15 is 0 Å². The summed E-state index contributed by atoms with van der Waals surface area (Å²) >= 11 is 1.63. The number of hydrogen-bond acceptors (Lipinski definition) is 10. The highest BCUT2D eigenvalue weighted by Gasteiger charge is 2.22. The van der Waals surface area contributed by atoms with Crippen LogP contribution in [0.1, 0.15) is 0 Å². The summed E-state index contributed by atoms with van der Waals surface area (Å²) in [5.41, 5.74) is 2.30. The molecule has 0 spiro atoms. The quantitative estimate of drug-likeness (QED) is 0.522. The standard InChI is InChI=1S/C21H26N6O3S/c1-28-11-10-26-6-8-27(9-7-26)20-22-14-15(19(25-20)17-5-4-12-31-17)16-13-18(29-2)24-21(23-16)30-3/h4-5,12-14H,6-11H2,1-3H3. The van der Waals surface area contributed by atoms with E-state index in [0.29, 0.717) is 11.6 Å². The second-order valence-electron chi connectivity index (χ2n) is 7.01. The van der Waals surface area contributed by atoms with Crippen molar-refractivity contribution < 1.29 is 14.2 Å². The average Bonchev–Trinajstić information content (AvgIpc) is 3.37. The fourth-order valence-corrected chi connectivity index (χ4v) is 4.17. The Bertz CT molecular complexity index is 971. The first-order chi connectivity index (χ1) is 15.2. The van der Waals surface area contributed by atoms with Crippen molar-refractivity contribution in [3.63, 3.8) is 0 Å². The lowest BCUT2D eigenvalue weighted by atomic mass is 10.1. The Morgan fingerprint density at radius 3 is 2.55 bits per heavy atom. The van der Waals surface area contributed by atoms with Gasteiger partial charge in [-0.05, 0) is 11.4 Å². The van der Waals surface area contributed by atoms with E-state index in [1.807, 2.05) is 17.6 Å². The van der Waals surface area contributed by atoms with Gasteiger partial charge in [0, 0.05) is 57.7 Å². The van der Waals surface area contributed by atoms with Crippen LogP contribution in [0.5, 0.6) is 11.9 Å². The number of anilines is 1. The number of hydrogen-bond donors (Lipinski definition) is 0. The van der Waals surface area contributed by atoms with Crippen molar-refractivity contribution in [2.45, 2.75) is 0 Å². The Morgan fingerprint density at radius 1 is 1.03 bits per heavy atom. The Hall–Kier alpha value is -2.82. The fourth-order valence-electron chi connectivity index (χ4n) is 3.44. The first-order valence-electron chi connectivity index (χ1n) is 10.1. The normalized spacial score (nSPS) is 14.6. The number of nitrogens with zero attached hydrogens (tertiary/aromatic N) is 6. The van der Waals surface area contributed by atoms with Crippen LogP contribution in [0, 0.1) is 0 Å². The third kappa shape index (κ3) is 4.92. The predicted molar refractivity (Wildman–Crippen MR) is 120 cm³/mol. The first-order valence-corrected chi connectivity index (χ1v) is 10.9. The second kappa shape index (κ2) is 9.99. The van der Waals surface area contributed by atoms with Crippen LogP contribution in [0.4, 0.5) is 5.95 Å². The van der Waals surface area contributed by atoms with E-state index in [-0.39, 0.29) is 6.01 Å². The largest absolute Gasteiger partial charge is 0.481 e. The Balaban J connectivity index is 1.66. The highest BCUT2D eigenvalue weighted by molar-refractivity contribution is 7.13. The molecule has 9 nitrogen and oxygen atoms in total. The SMILES string of the molecule is COCCN1CCN(c2ncc(-c3cc(OC)nc(OC)n3)c(-c3cccs3)n2)CC1. The van der Waals surface area contributed by atoms with Crippen LogP contribution in [0.3, 0.4) is 0 Å². The third-order valence-electron chi connectivity index (χ3n) is 5.15. The molecule has 0 atom stereocenters. The molecule has 0 saturated carbocycles. The van der Waals surface area contributed by atoms with Gasteiger partial charge >= 0.3 is 6.01 Å². The van der Waals surface area contributed by atoms with Gasteiger partial charge in [-0.1, -0.05) is 6.07 Å². The molecule has 4 rings (SSSR count). The fraction of sp³-hybridized carbons (Fsp3) is 0.429. The van der Waals surface area contributed by atoms with E-state index in [1.165, 1.54) is 7.11 Å². The van der Waals surface area contributed by atoms with Crippen LogP contribution >= 0.6 is 11.3 Å². The molecule has 1 aliphatic heterocycles. The van der Waals surface area contributed by atoms with E-state index in [9.17, 15) is 0 Å². The number of rotatable bonds is 8. The molecular weight excluding hydrogens is 416 g/mol. The molecule has 4 heterocycles. The lowest BCUT2D eigenvalue weighted by Gasteiger charge is -2.34. The van der Waals surface area contributed by atoms with Crippen molar-refractivity contribution in [3.8, 4) is 33.7 Å². The van der Waals surface area contributed by atoms with Gasteiger partial charge in [0.1, 0.15) is 0 Å². The minimum absolute atomic E-state index is 0.239. The zero-order valence-electron chi connectivity index (χ0n) is 17.9. The van der Waals surface area contributed by atoms with Crippen molar-refractivity contribution in [3.05, 3.63) is 29.8 Å². The number of aromatic nitrogens is 4. The van der Waals surface area contributed by atoms with Gasteiger partial charge in [-0.25, -0.2) is 9.97 Å². The summed E-state index contributed by atoms with van der Waals surface area (Å²) in [5.74, 6) is 1.15. The molecular formula is C21H26N6O3S. The average molecular weight is 443 g/mol. The van der Waals surface area contributed by atoms with E-state index in [0.717, 1.165) is 61.4 Å². The summed E-state index contributed by atoms with van der Waals surface area (Å²) in [6, 6.07) is 6.08. The zero-order valence-corrected chi connectivity index (χ0v) is 18.8. The van der Waals surface area contributed by atoms with E-state index < -0.39 is 0 Å². The lowest BCUT2D eigenvalue weighted by molar-refractivity contribution is 0.143. The maximum absolute atomic E-state index is 5.32. The maximum Gasteiger partial charge on any atom is 0.320 e. The molecule has 0 aromatic carbocycles. The Labute approximate surface area is 185 Å². The molecule has 10 heteroatoms. The summed E-state index contributed by atoms with van der Waals surface area (Å²) in [5, 5.41) is 2.04. The van der Waals surface area contributed by atoms with Crippen LogP contribution in [-0.2, 0) is 4.74 Å². The minimum atomic E-state index is 0.239. The van der Waals surface area contributed by atoms with Crippen molar-refractivity contribution in [2.24, 2.45) is 0 Å². The molecule has 1 saturated heterocycles. The molecule has 0 amide bonds. The molecule has 0 radical (unpaired) electrons. The molecule has 0 N–H and O–H groups in total. The van der Waals surface area contributed by atoms with Crippen LogP contribution in [0.2, 0.25) is 0 Å². The second-order valence-corrected chi connectivity index (χ2v) is 7.96. The first kappa shape index (κ1) is 21.4. The van der Waals surface area contributed by atoms with Crippen LogP contribution in [-0.4, -0.2) is 85.5 Å². The monoisotopic (exact) mass is 442 g/mol. The van der Waals surface area contributed by atoms with Gasteiger partial charge in [0.2, 0.25) is 11.8 Å². The molecule has 3 aromatic heterocycles. The maximum atomic E-state index is 5.32. The van der Waals surface area contributed by atoms with Crippen molar-refractivity contribution in [2.75, 3.05) is 65.6 Å². The summed E-state index contributed by atoms with van der Waals surface area (Å²) in [4.78, 5) is 24.0. The molecule has 3 aromatic rings. The van der Waals surface area contributed by atoms with Gasteiger partial charge in [0.05, 0.1) is 37.1 Å². The third-order valence-corrected chi connectivity index (χ3v) is 6.02. The van der Waals surface area contributed by atoms with Crippen molar-refractivity contribution >= 4 is 17.3 Å². The highest BCUT2D eigenvalue weighted by atomic mass is 32.1. The lowest BCUT2D eigenvalue weighted by Crippen LogP contribution is -2.47. The predicted octanol–water partition coefficient (Wildman–Crippen LogP) is 2.45. The minimum Gasteiger partial charge on any atom is -0.481 e. The Morgan fingerprint density at radius 2 is 1.87 bits per heavy atom. The van der Waals surface area contributed by atoms with Crippen molar-refractivity contribution in [1.29, 1.82) is 0 Å². The van der Waals surface area contributed by atoms with Gasteiger partial charge < -0.3 is 19.1 Å². The smallest absolute Gasteiger partial charge is 0.320 e. The van der Waals surface area contributed by atoms with Gasteiger partial charge in [0.25, 0.3) is 0 Å². The summed E-state index contributed by atoms with van der Waals surface area (Å²) in [7, 11) is 4.84. The molecule has 0 aliphatic carbocycles. The molecule has 0 bridgehead atoms. The zero-order chi connectivity index (χ0) is 21.6. The molecule has 31 heavy (non-hydrogen) atoms. The highest BCUT2D eigenvalue weighted by Crippen LogP contribution is 2.34. The number of methoxy groups -OCH3 is 3. The topological polar surface area (TPSA) is 85.7 Å². The van der Waals surface area contributed by atoms with Gasteiger partial charge in [0.15, 0.2) is 0 Å². The van der Waals surface area contributed by atoms with Crippen LogP contribution in [0.25, 0.3) is 21.8 Å². The van der Waals surface area contributed by atoms with Gasteiger partial charge in [-0.15, -0.1) is 11.3 Å². The van der Waals surface area contributed by atoms with Crippen molar-refractivity contribution in [1.82, 2.24) is 24.8 Å². The van der Waals surface area contributed by atoms with Crippen LogP contribution in [0.15, 0.2) is 29.8 Å². The van der Waals surface area contributed by atoms with Gasteiger partial charge in [-0.2, -0.15) is 9.97 Å². The van der Waals surface area contributed by atoms with Gasteiger partial charge in [-0.3, -0.25) is 4.90 Å². The number of piperazine rings is 1. The number of ether oxygens (including phenoxy) is 3. The molecule has 164 valence electrons. The van der Waals surface area contributed by atoms with Crippen LogP contribution < -0.4 is 14.4 Å². The molecule has 1 aliphatic rings. The molecule has 0 unspecified atom stereocenters. The molecule has 1 fully saturated rings. The van der Waals surface area contributed by atoms with E-state index in [4.69, 9.17) is 19.2 Å². The summed E-state index contributed by atoms with van der Waals surface area (Å²) in [6.45, 7) is 5.37. The number of thiophene rings is 1.